The zero-order chi connectivity index (χ0) is 13.1. The minimum absolute atomic E-state index is 0.0443. The molecule has 0 radical (unpaired) electrons. The Morgan fingerprint density at radius 3 is 2.67 bits per heavy atom. The molecule has 0 atom stereocenters. The van der Waals surface area contributed by atoms with E-state index in [-0.39, 0.29) is 17.2 Å². The highest BCUT2D eigenvalue weighted by Gasteiger charge is 2.15. The van der Waals surface area contributed by atoms with Crippen LogP contribution in [0.4, 0.5) is 5.69 Å². The summed E-state index contributed by atoms with van der Waals surface area (Å²) in [7, 11) is 0. The number of phenols is 1. The second-order valence-corrected chi connectivity index (χ2v) is 3.83. The zero-order valence-electron chi connectivity index (χ0n) is 9.66. The molecule has 0 aromatic heterocycles. The molecular formula is C13H11NO4. The fourth-order valence-electron chi connectivity index (χ4n) is 1.53. The number of hydrogen-bond donors (Lipinski definition) is 1. The van der Waals surface area contributed by atoms with Crippen LogP contribution in [0.1, 0.15) is 5.56 Å². The van der Waals surface area contributed by atoms with Gasteiger partial charge in [-0.1, -0.05) is 12.1 Å². The number of phenolic OH excluding ortho intramolecular Hbond substituents is 1. The Bertz CT molecular complexity index is 595. The molecule has 0 saturated carbocycles. The number of nitro benzene ring substituents is 1. The highest BCUT2D eigenvalue weighted by molar-refractivity contribution is 5.50. The molecule has 0 aliphatic carbocycles. The molecule has 92 valence electrons. The van der Waals surface area contributed by atoms with Crippen molar-refractivity contribution in [3.8, 4) is 17.2 Å². The third-order valence-corrected chi connectivity index (χ3v) is 2.36. The van der Waals surface area contributed by atoms with E-state index in [0.29, 0.717) is 5.75 Å². The van der Waals surface area contributed by atoms with E-state index in [2.05, 4.69) is 0 Å². The minimum Gasteiger partial charge on any atom is -0.508 e. The first kappa shape index (κ1) is 11.9. The number of benzene rings is 2. The van der Waals surface area contributed by atoms with Gasteiger partial charge in [-0.2, -0.15) is 0 Å². The van der Waals surface area contributed by atoms with E-state index in [1.807, 2.05) is 6.92 Å². The van der Waals surface area contributed by atoms with Gasteiger partial charge in [0.2, 0.25) is 5.75 Å². The summed E-state index contributed by atoms with van der Waals surface area (Å²) in [5.41, 5.74) is 0.750. The number of aryl methyl sites for hydroxylation is 1. The van der Waals surface area contributed by atoms with Gasteiger partial charge in [-0.05, 0) is 30.7 Å². The predicted octanol–water partition coefficient (Wildman–Crippen LogP) is 3.40. The quantitative estimate of drug-likeness (QED) is 0.664. The fourth-order valence-corrected chi connectivity index (χ4v) is 1.53. The molecule has 0 aliphatic heterocycles. The Morgan fingerprint density at radius 1 is 1.22 bits per heavy atom. The van der Waals surface area contributed by atoms with Gasteiger partial charge in [0, 0.05) is 12.1 Å². The molecule has 0 heterocycles. The van der Waals surface area contributed by atoms with Crippen molar-refractivity contribution in [3.05, 3.63) is 58.1 Å². The van der Waals surface area contributed by atoms with Crippen LogP contribution in [0.3, 0.4) is 0 Å². The fraction of sp³-hybridized carbons (Fsp3) is 0.0769. The Labute approximate surface area is 103 Å². The molecule has 2 aromatic rings. The Hall–Kier alpha value is -2.56. The third kappa shape index (κ3) is 2.57. The van der Waals surface area contributed by atoms with Crippen molar-refractivity contribution in [3.63, 3.8) is 0 Å². The molecule has 0 spiro atoms. The van der Waals surface area contributed by atoms with Gasteiger partial charge < -0.3 is 9.84 Å². The highest BCUT2D eigenvalue weighted by Crippen LogP contribution is 2.32. The van der Waals surface area contributed by atoms with Crippen molar-refractivity contribution in [2.75, 3.05) is 0 Å². The van der Waals surface area contributed by atoms with Crippen molar-refractivity contribution >= 4 is 5.69 Å². The van der Waals surface area contributed by atoms with Crippen LogP contribution >= 0.6 is 0 Å². The van der Waals surface area contributed by atoms with Crippen LogP contribution in [0.25, 0.3) is 0 Å². The van der Waals surface area contributed by atoms with Gasteiger partial charge in [-0.15, -0.1) is 0 Å². The molecule has 0 amide bonds. The molecule has 18 heavy (non-hydrogen) atoms. The average molecular weight is 245 g/mol. The topological polar surface area (TPSA) is 72.6 Å². The second kappa shape index (κ2) is 4.75. The van der Waals surface area contributed by atoms with Crippen LogP contribution in [0.15, 0.2) is 42.5 Å². The van der Waals surface area contributed by atoms with Crippen molar-refractivity contribution in [2.24, 2.45) is 0 Å². The lowest BCUT2D eigenvalue weighted by atomic mass is 10.2. The number of ether oxygens (including phenoxy) is 1. The summed E-state index contributed by atoms with van der Waals surface area (Å²) in [6.45, 7) is 1.82. The van der Waals surface area contributed by atoms with Crippen molar-refractivity contribution in [1.29, 1.82) is 0 Å². The predicted molar refractivity (Wildman–Crippen MR) is 66.0 cm³/mol. The van der Waals surface area contributed by atoms with Gasteiger partial charge in [0.05, 0.1) is 4.92 Å². The molecule has 5 nitrogen and oxygen atoms in total. The first-order valence-corrected chi connectivity index (χ1v) is 5.28. The molecule has 0 aliphatic rings. The molecular weight excluding hydrogens is 234 g/mol. The number of aromatic hydroxyl groups is 1. The van der Waals surface area contributed by atoms with Crippen LogP contribution in [0, 0.1) is 17.0 Å². The summed E-state index contributed by atoms with van der Waals surface area (Å²) in [4.78, 5) is 10.4. The molecule has 0 fully saturated rings. The summed E-state index contributed by atoms with van der Waals surface area (Å²) in [5.74, 6) is 0.553. The smallest absolute Gasteiger partial charge is 0.311 e. The van der Waals surface area contributed by atoms with Gasteiger partial charge in [0.15, 0.2) is 0 Å². The number of nitrogens with zero attached hydrogens (tertiary/aromatic N) is 1. The van der Waals surface area contributed by atoms with E-state index >= 15 is 0 Å². The van der Waals surface area contributed by atoms with E-state index in [1.165, 1.54) is 18.2 Å². The van der Waals surface area contributed by atoms with Crippen LogP contribution in [-0.4, -0.2) is 10.0 Å². The lowest BCUT2D eigenvalue weighted by Gasteiger charge is -2.07. The van der Waals surface area contributed by atoms with E-state index in [4.69, 9.17) is 4.74 Å². The molecule has 1 N–H and O–H groups in total. The monoisotopic (exact) mass is 245 g/mol. The van der Waals surface area contributed by atoms with Crippen LogP contribution in [0.2, 0.25) is 0 Å². The summed E-state index contributed by atoms with van der Waals surface area (Å²) < 4.78 is 5.43. The Balaban J connectivity index is 2.39. The first-order valence-electron chi connectivity index (χ1n) is 5.28. The van der Waals surface area contributed by atoms with Crippen molar-refractivity contribution in [1.82, 2.24) is 0 Å². The van der Waals surface area contributed by atoms with Crippen molar-refractivity contribution < 1.29 is 14.8 Å². The van der Waals surface area contributed by atoms with Gasteiger partial charge in [-0.3, -0.25) is 10.1 Å². The van der Waals surface area contributed by atoms with Gasteiger partial charge in [0.1, 0.15) is 11.5 Å². The zero-order valence-corrected chi connectivity index (χ0v) is 9.66. The summed E-state index contributed by atoms with van der Waals surface area (Å²) in [6, 6.07) is 10.7. The first-order chi connectivity index (χ1) is 8.56. The van der Waals surface area contributed by atoms with Crippen molar-refractivity contribution in [2.45, 2.75) is 6.92 Å². The molecule has 5 heteroatoms. The molecule has 2 aromatic carbocycles. The van der Waals surface area contributed by atoms with E-state index in [0.717, 1.165) is 5.56 Å². The maximum absolute atomic E-state index is 10.9. The normalized spacial score (nSPS) is 10.1. The summed E-state index contributed by atoms with van der Waals surface area (Å²) in [6.07, 6.45) is 0. The molecule has 0 unspecified atom stereocenters. The SMILES string of the molecule is Cc1ccc([N+](=O)[O-])c(Oc2cccc(O)c2)c1. The van der Waals surface area contributed by atoms with Crippen LogP contribution in [0.5, 0.6) is 17.2 Å². The number of rotatable bonds is 3. The van der Waals surface area contributed by atoms with E-state index in [1.54, 1.807) is 24.3 Å². The van der Waals surface area contributed by atoms with E-state index < -0.39 is 4.92 Å². The molecule has 0 saturated heterocycles. The van der Waals surface area contributed by atoms with E-state index in [9.17, 15) is 15.2 Å². The largest absolute Gasteiger partial charge is 0.508 e. The standard InChI is InChI=1S/C13H11NO4/c1-9-5-6-12(14(16)17)13(7-9)18-11-4-2-3-10(15)8-11/h2-8,15H,1H3. The number of hydrogen-bond acceptors (Lipinski definition) is 4. The van der Waals surface area contributed by atoms with Gasteiger partial charge in [-0.25, -0.2) is 0 Å². The number of nitro groups is 1. The second-order valence-electron chi connectivity index (χ2n) is 3.83. The van der Waals surface area contributed by atoms with Crippen LogP contribution < -0.4 is 4.74 Å². The maximum Gasteiger partial charge on any atom is 0.311 e. The third-order valence-electron chi connectivity index (χ3n) is 2.36. The average Bonchev–Trinajstić information content (AvgIpc) is 2.28. The summed E-state index contributed by atoms with van der Waals surface area (Å²) >= 11 is 0. The lowest BCUT2D eigenvalue weighted by Crippen LogP contribution is -1.93. The minimum atomic E-state index is -0.502. The Kier molecular flexibility index (Phi) is 3.14. The van der Waals surface area contributed by atoms with Gasteiger partial charge in [0.25, 0.3) is 0 Å². The Morgan fingerprint density at radius 2 is 2.00 bits per heavy atom. The lowest BCUT2D eigenvalue weighted by molar-refractivity contribution is -0.385. The highest BCUT2D eigenvalue weighted by atomic mass is 16.6. The summed E-state index contributed by atoms with van der Waals surface area (Å²) in [5, 5.41) is 20.2. The molecule has 2 rings (SSSR count). The van der Waals surface area contributed by atoms with Crippen LogP contribution in [-0.2, 0) is 0 Å². The maximum atomic E-state index is 10.9. The van der Waals surface area contributed by atoms with Gasteiger partial charge >= 0.3 is 5.69 Å². The molecule has 0 bridgehead atoms.